The maximum atomic E-state index is 10.7. The number of hydrogen-bond donors (Lipinski definition) is 0. The first-order valence-electron chi connectivity index (χ1n) is 4.02. The molecule has 0 unspecified atom stereocenters. The highest BCUT2D eigenvalue weighted by Crippen LogP contribution is 1.89. The average molecular weight is 270 g/mol. The first-order chi connectivity index (χ1) is 5.70. The van der Waals surface area contributed by atoms with E-state index in [-0.39, 0.29) is 57.0 Å². The minimum Gasteiger partial charge on any atom is -0.434 e. The van der Waals surface area contributed by atoms with Crippen LogP contribution in [0.4, 0.5) is 4.79 Å². The summed E-state index contributed by atoms with van der Waals surface area (Å²) in [5.41, 5.74) is 0. The van der Waals surface area contributed by atoms with Gasteiger partial charge in [0.05, 0.1) is 6.61 Å². The number of carbonyl (C=O) groups excluding carboxylic acids is 2. The van der Waals surface area contributed by atoms with Gasteiger partial charge < -0.3 is 9.47 Å². The van der Waals surface area contributed by atoms with Crippen molar-refractivity contribution >= 4 is 11.9 Å². The molecule has 0 aromatic rings. The van der Waals surface area contributed by atoms with Crippen LogP contribution in [0.25, 0.3) is 0 Å². The van der Waals surface area contributed by atoms with Crippen LogP contribution in [-0.4, -0.2) is 25.2 Å². The van der Waals surface area contributed by atoms with E-state index in [1.807, 2.05) is 6.92 Å². The SMILES string of the molecule is C.C.C.C.C.C.CCCOC(=O)OCC(=O)CC. The van der Waals surface area contributed by atoms with Gasteiger partial charge in [0.25, 0.3) is 0 Å². The number of Topliss-reactive ketones (excluding diaryl/α,β-unsaturated/α-hetero) is 1. The van der Waals surface area contributed by atoms with Gasteiger partial charge in [0.2, 0.25) is 0 Å². The summed E-state index contributed by atoms with van der Waals surface area (Å²) in [6.07, 6.45) is 0.358. The van der Waals surface area contributed by atoms with Gasteiger partial charge in [-0.25, -0.2) is 4.79 Å². The smallest absolute Gasteiger partial charge is 0.434 e. The maximum absolute atomic E-state index is 10.7. The Morgan fingerprint density at radius 3 is 1.61 bits per heavy atom. The molecule has 18 heavy (non-hydrogen) atoms. The zero-order valence-electron chi connectivity index (χ0n) is 7.46. The predicted molar refractivity (Wildman–Crippen MR) is 83.3 cm³/mol. The lowest BCUT2D eigenvalue weighted by atomic mass is 10.3. The molecule has 0 heterocycles. The molecule has 0 radical (unpaired) electrons. The molecule has 0 fully saturated rings. The lowest BCUT2D eigenvalue weighted by Crippen LogP contribution is -2.14. The minimum atomic E-state index is -0.765. The molecule has 0 spiro atoms. The van der Waals surface area contributed by atoms with Crippen molar-refractivity contribution < 1.29 is 19.1 Å². The number of rotatable bonds is 5. The average Bonchev–Trinajstić information content (AvgIpc) is 2.10. The predicted octanol–water partition coefficient (Wildman–Crippen LogP) is 5.35. The van der Waals surface area contributed by atoms with Crippen LogP contribution in [0.2, 0.25) is 0 Å². The van der Waals surface area contributed by atoms with Crippen LogP contribution in [0.1, 0.15) is 71.2 Å². The highest BCUT2D eigenvalue weighted by molar-refractivity contribution is 5.80. The quantitative estimate of drug-likeness (QED) is 0.632. The van der Waals surface area contributed by atoms with Gasteiger partial charge in [-0.15, -0.1) is 0 Å². The summed E-state index contributed by atoms with van der Waals surface area (Å²) >= 11 is 0. The van der Waals surface area contributed by atoms with E-state index >= 15 is 0 Å². The molecule has 4 nitrogen and oxygen atoms in total. The number of ketones is 1. The fraction of sp³-hybridized carbons (Fsp3) is 0.857. The summed E-state index contributed by atoms with van der Waals surface area (Å²) in [6, 6.07) is 0. The maximum Gasteiger partial charge on any atom is 0.508 e. The van der Waals surface area contributed by atoms with Crippen LogP contribution in [-0.2, 0) is 14.3 Å². The Bertz CT molecular complexity index is 156. The summed E-state index contributed by atoms with van der Waals surface area (Å²) in [6.45, 7) is 3.74. The fourth-order valence-corrected chi connectivity index (χ4v) is 0.469. The Morgan fingerprint density at radius 2 is 1.28 bits per heavy atom. The van der Waals surface area contributed by atoms with Crippen LogP contribution in [0.3, 0.4) is 0 Å². The molecular formula is C14H38O4. The second kappa shape index (κ2) is 29.7. The second-order valence-corrected chi connectivity index (χ2v) is 2.28. The molecule has 0 aliphatic carbocycles. The molecule has 4 heteroatoms. The monoisotopic (exact) mass is 270 g/mol. The Morgan fingerprint density at radius 1 is 0.833 bits per heavy atom. The largest absolute Gasteiger partial charge is 0.508 e. The molecule has 0 aliphatic rings. The van der Waals surface area contributed by atoms with Crippen LogP contribution in [0, 0.1) is 0 Å². The molecule has 118 valence electrons. The Balaban J connectivity index is -0.0000000403. The van der Waals surface area contributed by atoms with Gasteiger partial charge in [0.15, 0.2) is 12.4 Å². The lowest BCUT2D eigenvalue weighted by Gasteiger charge is -2.02. The summed E-state index contributed by atoms with van der Waals surface area (Å²) in [5, 5.41) is 0. The van der Waals surface area contributed by atoms with Crippen molar-refractivity contribution in [3.05, 3.63) is 0 Å². The van der Waals surface area contributed by atoms with Crippen molar-refractivity contribution in [1.82, 2.24) is 0 Å². The first-order valence-corrected chi connectivity index (χ1v) is 4.02. The van der Waals surface area contributed by atoms with E-state index in [9.17, 15) is 9.59 Å². The van der Waals surface area contributed by atoms with Gasteiger partial charge in [-0.1, -0.05) is 58.4 Å². The third-order valence-electron chi connectivity index (χ3n) is 1.17. The normalized spacial score (nSPS) is 6.11. The number of hydrogen-bond acceptors (Lipinski definition) is 4. The standard InChI is InChI=1S/C8H14O4.6CH4/c1-3-5-11-8(10)12-6-7(9)4-2;;;;;;/h3-6H2,1-2H3;6*1H4. The van der Waals surface area contributed by atoms with E-state index in [0.717, 1.165) is 6.42 Å². The second-order valence-electron chi connectivity index (χ2n) is 2.28. The van der Waals surface area contributed by atoms with E-state index < -0.39 is 6.16 Å². The highest BCUT2D eigenvalue weighted by Gasteiger charge is 2.05. The van der Waals surface area contributed by atoms with Gasteiger partial charge >= 0.3 is 6.16 Å². The van der Waals surface area contributed by atoms with E-state index in [0.29, 0.717) is 13.0 Å². The summed E-state index contributed by atoms with van der Waals surface area (Å²) in [7, 11) is 0. The molecule has 0 bridgehead atoms. The molecular weight excluding hydrogens is 232 g/mol. The third-order valence-corrected chi connectivity index (χ3v) is 1.17. The summed E-state index contributed by atoms with van der Waals surface area (Å²) in [4.78, 5) is 21.3. The fourth-order valence-electron chi connectivity index (χ4n) is 0.469. The lowest BCUT2D eigenvalue weighted by molar-refractivity contribution is -0.122. The van der Waals surface area contributed by atoms with Gasteiger partial charge in [0, 0.05) is 6.42 Å². The van der Waals surface area contributed by atoms with Crippen LogP contribution in [0.5, 0.6) is 0 Å². The summed E-state index contributed by atoms with van der Waals surface area (Å²) in [5.74, 6) is -0.108. The molecule has 0 saturated heterocycles. The Kier molecular flexibility index (Phi) is 71.9. The van der Waals surface area contributed by atoms with Crippen molar-refractivity contribution in [2.24, 2.45) is 0 Å². The van der Waals surface area contributed by atoms with Crippen molar-refractivity contribution in [2.75, 3.05) is 13.2 Å². The van der Waals surface area contributed by atoms with Gasteiger partial charge in [-0.2, -0.15) is 0 Å². The molecule has 0 aliphatic heterocycles. The number of carbonyl (C=O) groups is 2. The van der Waals surface area contributed by atoms with Crippen molar-refractivity contribution in [1.29, 1.82) is 0 Å². The zero-order valence-corrected chi connectivity index (χ0v) is 7.46. The molecule has 0 aromatic heterocycles. The van der Waals surface area contributed by atoms with Crippen molar-refractivity contribution in [3.63, 3.8) is 0 Å². The molecule has 0 saturated carbocycles. The number of ether oxygens (including phenoxy) is 2. The van der Waals surface area contributed by atoms with Crippen LogP contribution >= 0.6 is 0 Å². The van der Waals surface area contributed by atoms with Crippen molar-refractivity contribution in [2.45, 2.75) is 71.2 Å². The Hall–Kier alpha value is -1.06. The van der Waals surface area contributed by atoms with Gasteiger partial charge in [-0.3, -0.25) is 4.79 Å². The molecule has 0 amide bonds. The third kappa shape index (κ3) is 29.4. The minimum absolute atomic E-state index is 0. The summed E-state index contributed by atoms with van der Waals surface area (Å²) < 4.78 is 9.06. The molecule has 0 N–H and O–H groups in total. The van der Waals surface area contributed by atoms with E-state index in [4.69, 9.17) is 0 Å². The van der Waals surface area contributed by atoms with Crippen LogP contribution < -0.4 is 0 Å². The van der Waals surface area contributed by atoms with E-state index in [2.05, 4.69) is 9.47 Å². The molecule has 0 aromatic carbocycles. The molecule has 0 rings (SSSR count). The topological polar surface area (TPSA) is 52.6 Å². The van der Waals surface area contributed by atoms with Crippen LogP contribution in [0.15, 0.2) is 0 Å². The van der Waals surface area contributed by atoms with E-state index in [1.54, 1.807) is 6.92 Å². The van der Waals surface area contributed by atoms with Gasteiger partial charge in [0.1, 0.15) is 0 Å². The van der Waals surface area contributed by atoms with Gasteiger partial charge in [-0.05, 0) is 6.42 Å². The first kappa shape index (κ1) is 43.6. The van der Waals surface area contributed by atoms with Crippen molar-refractivity contribution in [3.8, 4) is 0 Å². The zero-order chi connectivity index (χ0) is 9.40. The molecule has 0 atom stereocenters. The van der Waals surface area contributed by atoms with E-state index in [1.165, 1.54) is 0 Å². The highest BCUT2D eigenvalue weighted by atomic mass is 16.7. The Labute approximate surface area is 116 Å².